The Labute approximate surface area is 202 Å². The van der Waals surface area contributed by atoms with E-state index in [2.05, 4.69) is 13.8 Å². The van der Waals surface area contributed by atoms with Crippen molar-refractivity contribution < 1.29 is 23.9 Å². The number of benzene rings is 3. The van der Waals surface area contributed by atoms with Crippen LogP contribution in [-0.4, -0.2) is 29.0 Å². The van der Waals surface area contributed by atoms with Crippen molar-refractivity contribution in [3.63, 3.8) is 0 Å². The van der Waals surface area contributed by atoms with E-state index in [4.69, 9.17) is 4.74 Å². The van der Waals surface area contributed by atoms with Crippen molar-refractivity contribution in [1.29, 1.82) is 0 Å². The predicted molar refractivity (Wildman–Crippen MR) is 128 cm³/mol. The highest BCUT2D eigenvalue weighted by molar-refractivity contribution is 6.37. The maximum absolute atomic E-state index is 13.9. The van der Waals surface area contributed by atoms with E-state index >= 15 is 0 Å². The van der Waals surface area contributed by atoms with Gasteiger partial charge in [-0.25, -0.2) is 4.90 Å². The second-order valence-electron chi connectivity index (χ2n) is 9.65. The molecule has 3 atom stereocenters. The summed E-state index contributed by atoms with van der Waals surface area (Å²) < 4.78 is 6.28. The minimum Gasteiger partial charge on any atom is -0.349 e. The van der Waals surface area contributed by atoms with E-state index in [1.165, 1.54) is 0 Å². The number of ether oxygens (including phenoxy) is 1. The van der Waals surface area contributed by atoms with Gasteiger partial charge in [0.05, 0.1) is 23.6 Å². The largest absolute Gasteiger partial charge is 0.349 e. The number of anilines is 1. The van der Waals surface area contributed by atoms with Crippen LogP contribution in [-0.2, 0) is 14.3 Å². The van der Waals surface area contributed by atoms with Gasteiger partial charge in [0.25, 0.3) is 0 Å². The number of nitrogens with zero attached hydrogens (tertiary/aromatic N) is 1. The van der Waals surface area contributed by atoms with Gasteiger partial charge in [-0.2, -0.15) is 0 Å². The molecule has 6 nitrogen and oxygen atoms in total. The number of carbonyl (C=O) groups is 4. The molecule has 1 spiro atoms. The summed E-state index contributed by atoms with van der Waals surface area (Å²) in [6.45, 7) is 4.12. The number of ketones is 2. The topological polar surface area (TPSA) is 80.8 Å². The molecule has 6 heteroatoms. The molecule has 1 aliphatic carbocycles. The van der Waals surface area contributed by atoms with Crippen LogP contribution in [0.25, 0.3) is 0 Å². The lowest BCUT2D eigenvalue weighted by Crippen LogP contribution is -2.51. The Morgan fingerprint density at radius 3 is 1.89 bits per heavy atom. The van der Waals surface area contributed by atoms with Crippen LogP contribution in [0.5, 0.6) is 0 Å². The maximum atomic E-state index is 13.9. The zero-order valence-corrected chi connectivity index (χ0v) is 19.3. The molecule has 3 aromatic carbocycles. The standard InChI is InChI=1S/C29H23NO5/c1-16(2)17-12-14-19(15-13-17)30-27(33)22-23(28(30)34)29(35-24(22)18-8-4-3-5-9-18)25(31)20-10-6-7-11-21(20)26(29)32/h3-16,22-24H,1-2H3. The van der Waals surface area contributed by atoms with Gasteiger partial charge in [-0.3, -0.25) is 19.2 Å². The van der Waals surface area contributed by atoms with E-state index in [-0.39, 0.29) is 11.1 Å². The highest BCUT2D eigenvalue weighted by atomic mass is 16.5. The summed E-state index contributed by atoms with van der Waals surface area (Å²) in [6, 6.07) is 22.8. The summed E-state index contributed by atoms with van der Waals surface area (Å²) >= 11 is 0. The van der Waals surface area contributed by atoms with Crippen LogP contribution in [0.4, 0.5) is 5.69 Å². The summed E-state index contributed by atoms with van der Waals surface area (Å²) in [6.07, 6.45) is -0.903. The monoisotopic (exact) mass is 465 g/mol. The van der Waals surface area contributed by atoms with Crippen molar-refractivity contribution in [2.45, 2.75) is 31.5 Å². The molecule has 0 saturated carbocycles. The van der Waals surface area contributed by atoms with Gasteiger partial charge in [-0.1, -0.05) is 80.6 Å². The van der Waals surface area contributed by atoms with Crippen LogP contribution in [0.15, 0.2) is 78.9 Å². The average molecular weight is 466 g/mol. The molecular formula is C29H23NO5. The number of rotatable bonds is 3. The minimum absolute atomic E-state index is 0.227. The van der Waals surface area contributed by atoms with Crippen molar-refractivity contribution in [3.8, 4) is 0 Å². The number of Topliss-reactive ketones (excluding diaryl/α,β-unsaturated/α-hetero) is 2. The lowest BCUT2D eigenvalue weighted by molar-refractivity contribution is -0.127. The van der Waals surface area contributed by atoms with Crippen molar-refractivity contribution in [1.82, 2.24) is 0 Å². The molecule has 6 rings (SSSR count). The lowest BCUT2D eigenvalue weighted by Gasteiger charge is -2.27. The van der Waals surface area contributed by atoms with Gasteiger partial charge >= 0.3 is 0 Å². The van der Waals surface area contributed by atoms with Gasteiger partial charge < -0.3 is 4.74 Å². The number of hydrogen-bond acceptors (Lipinski definition) is 5. The molecule has 0 N–H and O–H groups in total. The lowest BCUT2D eigenvalue weighted by atomic mass is 9.77. The third-order valence-electron chi connectivity index (χ3n) is 7.47. The van der Waals surface area contributed by atoms with Crippen LogP contribution in [0, 0.1) is 11.8 Å². The smallest absolute Gasteiger partial charge is 0.241 e. The molecule has 2 saturated heterocycles. The first kappa shape index (κ1) is 21.6. The molecule has 0 bridgehead atoms. The minimum atomic E-state index is -2.05. The summed E-state index contributed by atoms with van der Waals surface area (Å²) in [5.74, 6) is -4.08. The van der Waals surface area contributed by atoms with E-state index in [9.17, 15) is 19.2 Å². The summed E-state index contributed by atoms with van der Waals surface area (Å²) in [7, 11) is 0. The van der Waals surface area contributed by atoms with Gasteiger partial charge in [0.1, 0.15) is 0 Å². The van der Waals surface area contributed by atoms with E-state index in [1.54, 1.807) is 60.7 Å². The third kappa shape index (κ3) is 2.80. The van der Waals surface area contributed by atoms with Crippen molar-refractivity contribution in [2.24, 2.45) is 11.8 Å². The first-order valence-corrected chi connectivity index (χ1v) is 11.8. The molecule has 0 radical (unpaired) electrons. The van der Waals surface area contributed by atoms with Crippen molar-refractivity contribution in [2.75, 3.05) is 4.90 Å². The molecule has 3 unspecified atom stereocenters. The predicted octanol–water partition coefficient (Wildman–Crippen LogP) is 4.51. The molecule has 35 heavy (non-hydrogen) atoms. The van der Waals surface area contributed by atoms with Gasteiger partial charge in [0.2, 0.25) is 29.0 Å². The highest BCUT2D eigenvalue weighted by Gasteiger charge is 2.74. The van der Waals surface area contributed by atoms with Crippen molar-refractivity contribution >= 4 is 29.1 Å². The third-order valence-corrected chi connectivity index (χ3v) is 7.47. The number of fused-ring (bicyclic) bond motifs is 3. The molecule has 174 valence electrons. The zero-order valence-electron chi connectivity index (χ0n) is 19.3. The van der Waals surface area contributed by atoms with Crippen LogP contribution in [0.3, 0.4) is 0 Å². The Morgan fingerprint density at radius 2 is 1.31 bits per heavy atom. The van der Waals surface area contributed by atoms with E-state index in [0.717, 1.165) is 10.5 Å². The second kappa shape index (κ2) is 7.55. The molecule has 2 heterocycles. The number of imide groups is 1. The Balaban J connectivity index is 1.51. The van der Waals surface area contributed by atoms with Crippen LogP contribution < -0.4 is 4.90 Å². The zero-order chi connectivity index (χ0) is 24.5. The molecule has 0 aromatic heterocycles. The fraction of sp³-hybridized carbons (Fsp3) is 0.241. The molecule has 2 amide bonds. The van der Waals surface area contributed by atoms with Gasteiger partial charge in [0.15, 0.2) is 0 Å². The van der Waals surface area contributed by atoms with Crippen LogP contribution in [0.2, 0.25) is 0 Å². The molecule has 2 aliphatic heterocycles. The summed E-state index contributed by atoms with van der Waals surface area (Å²) in [5, 5.41) is 0. The highest BCUT2D eigenvalue weighted by Crippen LogP contribution is 2.57. The number of hydrogen-bond donors (Lipinski definition) is 0. The van der Waals surface area contributed by atoms with Gasteiger partial charge in [-0.05, 0) is 29.2 Å². The van der Waals surface area contributed by atoms with Gasteiger partial charge in [0, 0.05) is 11.1 Å². The Bertz CT molecular complexity index is 1360. The fourth-order valence-corrected chi connectivity index (χ4v) is 5.72. The van der Waals surface area contributed by atoms with E-state index in [0.29, 0.717) is 17.2 Å². The first-order valence-electron chi connectivity index (χ1n) is 11.8. The molecule has 3 aliphatic rings. The Hall–Kier alpha value is -3.90. The number of amides is 2. The molecule has 3 aromatic rings. The van der Waals surface area contributed by atoms with Gasteiger partial charge in [-0.15, -0.1) is 0 Å². The Kier molecular flexibility index (Phi) is 4.66. The summed E-state index contributed by atoms with van der Waals surface area (Å²) in [4.78, 5) is 56.4. The summed E-state index contributed by atoms with van der Waals surface area (Å²) in [5.41, 5.74) is 0.556. The molecular weight excluding hydrogens is 442 g/mol. The van der Waals surface area contributed by atoms with E-state index < -0.39 is 46.9 Å². The first-order chi connectivity index (χ1) is 16.9. The van der Waals surface area contributed by atoms with Crippen LogP contribution in [0.1, 0.15) is 57.7 Å². The van der Waals surface area contributed by atoms with E-state index in [1.807, 2.05) is 18.2 Å². The van der Waals surface area contributed by atoms with Crippen LogP contribution >= 0.6 is 0 Å². The number of carbonyl (C=O) groups excluding carboxylic acids is 4. The normalized spacial score (nSPS) is 24.5. The molecule has 2 fully saturated rings. The fourth-order valence-electron chi connectivity index (χ4n) is 5.72. The SMILES string of the molecule is CC(C)c1ccc(N2C(=O)C3C(c4ccccc4)OC4(C(=O)c5ccccc5C4=O)C3C2=O)cc1. The second-order valence-corrected chi connectivity index (χ2v) is 9.65. The Morgan fingerprint density at radius 1 is 0.743 bits per heavy atom. The average Bonchev–Trinajstić information content (AvgIpc) is 3.44. The quantitative estimate of drug-likeness (QED) is 0.420. The van der Waals surface area contributed by atoms with Crippen molar-refractivity contribution in [3.05, 3.63) is 101 Å². The maximum Gasteiger partial charge on any atom is 0.241 e.